The van der Waals surface area contributed by atoms with Crippen LogP contribution in [-0.4, -0.2) is 68.4 Å². The fourth-order valence-corrected chi connectivity index (χ4v) is 3.56. The number of nitrogens with one attached hydrogen (secondary N) is 1. The number of aryl methyl sites for hydroxylation is 1. The smallest absolute Gasteiger partial charge is 0.241 e. The van der Waals surface area contributed by atoms with Crippen LogP contribution in [0.3, 0.4) is 0 Å². The number of amides is 1. The van der Waals surface area contributed by atoms with E-state index < -0.39 is 0 Å². The third-order valence-corrected chi connectivity index (χ3v) is 5.04. The summed E-state index contributed by atoms with van der Waals surface area (Å²) in [5.41, 5.74) is 2.37. The van der Waals surface area contributed by atoms with E-state index in [0.717, 1.165) is 32.8 Å². The summed E-state index contributed by atoms with van der Waals surface area (Å²) in [6, 6.07) is 10.4. The SMILES string of the molecule is Cc1cc2ccccc2n1CCNC(=O)Cn1nnnc1CN1CCOCC1. The van der Waals surface area contributed by atoms with E-state index in [2.05, 4.69) is 55.4 Å². The molecule has 0 bridgehead atoms. The third-order valence-electron chi connectivity index (χ3n) is 5.04. The van der Waals surface area contributed by atoms with Crippen molar-refractivity contribution in [1.29, 1.82) is 0 Å². The first kappa shape index (κ1) is 18.6. The number of hydrogen-bond acceptors (Lipinski definition) is 6. The Balaban J connectivity index is 1.30. The van der Waals surface area contributed by atoms with Crippen LogP contribution in [0, 0.1) is 6.92 Å². The minimum atomic E-state index is -0.0929. The Hall–Kier alpha value is -2.78. The first-order chi connectivity index (χ1) is 13.7. The Kier molecular flexibility index (Phi) is 5.63. The van der Waals surface area contributed by atoms with Gasteiger partial charge >= 0.3 is 0 Å². The minimum absolute atomic E-state index is 0.0929. The van der Waals surface area contributed by atoms with E-state index in [-0.39, 0.29) is 12.5 Å². The van der Waals surface area contributed by atoms with Crippen molar-refractivity contribution in [2.24, 2.45) is 0 Å². The molecule has 0 aliphatic carbocycles. The number of benzene rings is 1. The lowest BCUT2D eigenvalue weighted by Crippen LogP contribution is -2.37. The predicted molar refractivity (Wildman–Crippen MR) is 104 cm³/mol. The lowest BCUT2D eigenvalue weighted by atomic mass is 10.2. The zero-order valence-corrected chi connectivity index (χ0v) is 16.0. The first-order valence-corrected chi connectivity index (χ1v) is 9.57. The number of morpholine rings is 1. The molecule has 1 aliphatic rings. The van der Waals surface area contributed by atoms with E-state index in [9.17, 15) is 4.79 Å². The second-order valence-electron chi connectivity index (χ2n) is 6.99. The van der Waals surface area contributed by atoms with E-state index in [1.807, 2.05) is 12.1 Å². The Bertz CT molecular complexity index is 943. The van der Waals surface area contributed by atoms with Crippen LogP contribution in [-0.2, 0) is 29.2 Å². The van der Waals surface area contributed by atoms with Gasteiger partial charge in [0.25, 0.3) is 0 Å². The summed E-state index contributed by atoms with van der Waals surface area (Å²) in [5.74, 6) is 0.606. The molecule has 0 radical (unpaired) electrons. The highest BCUT2D eigenvalue weighted by molar-refractivity contribution is 5.81. The molecule has 1 fully saturated rings. The normalized spacial score (nSPS) is 15.2. The minimum Gasteiger partial charge on any atom is -0.379 e. The Labute approximate surface area is 163 Å². The number of carbonyl (C=O) groups excluding carboxylic acids is 1. The highest BCUT2D eigenvalue weighted by Crippen LogP contribution is 2.18. The fraction of sp³-hybridized carbons (Fsp3) is 0.474. The van der Waals surface area contributed by atoms with Gasteiger partial charge in [-0.3, -0.25) is 9.69 Å². The molecule has 9 nitrogen and oxygen atoms in total. The maximum absolute atomic E-state index is 12.4. The average molecular weight is 383 g/mol. The highest BCUT2D eigenvalue weighted by atomic mass is 16.5. The van der Waals surface area contributed by atoms with Gasteiger partial charge < -0.3 is 14.6 Å². The van der Waals surface area contributed by atoms with Crippen molar-refractivity contribution in [1.82, 2.24) is 35.0 Å². The number of tetrazole rings is 1. The maximum atomic E-state index is 12.4. The van der Waals surface area contributed by atoms with Crippen LogP contribution in [0.1, 0.15) is 11.5 Å². The molecule has 1 saturated heterocycles. The van der Waals surface area contributed by atoms with Crippen LogP contribution in [0.2, 0.25) is 0 Å². The standard InChI is InChI=1S/C19H25N7O2/c1-15-12-16-4-2-3-5-17(16)25(15)7-6-20-19(27)14-26-18(21-22-23-26)13-24-8-10-28-11-9-24/h2-5,12H,6-11,13-14H2,1H3,(H,20,27). The number of rotatable bonds is 7. The van der Waals surface area contributed by atoms with Gasteiger partial charge in [-0.25, -0.2) is 4.68 Å². The van der Waals surface area contributed by atoms with Crippen molar-refractivity contribution in [3.8, 4) is 0 Å². The molecule has 4 rings (SSSR count). The van der Waals surface area contributed by atoms with Crippen LogP contribution in [0.4, 0.5) is 0 Å². The van der Waals surface area contributed by atoms with E-state index in [1.165, 1.54) is 16.6 Å². The number of aromatic nitrogens is 5. The van der Waals surface area contributed by atoms with Gasteiger partial charge in [0, 0.05) is 37.4 Å². The number of para-hydroxylation sites is 1. The summed E-state index contributed by atoms with van der Waals surface area (Å²) in [7, 11) is 0. The predicted octanol–water partition coefficient (Wildman–Crippen LogP) is 0.585. The van der Waals surface area contributed by atoms with Gasteiger partial charge in [0.1, 0.15) is 6.54 Å². The maximum Gasteiger partial charge on any atom is 0.241 e. The molecule has 3 aromatic rings. The molecule has 9 heteroatoms. The number of ether oxygens (including phenoxy) is 1. The van der Waals surface area contributed by atoms with Gasteiger partial charge in [0.15, 0.2) is 5.82 Å². The summed E-state index contributed by atoms with van der Waals surface area (Å²) < 4.78 is 9.15. The summed E-state index contributed by atoms with van der Waals surface area (Å²) >= 11 is 0. The monoisotopic (exact) mass is 383 g/mol. The van der Waals surface area contributed by atoms with Gasteiger partial charge in [0.05, 0.1) is 19.8 Å². The van der Waals surface area contributed by atoms with Crippen LogP contribution in [0.25, 0.3) is 10.9 Å². The second-order valence-corrected chi connectivity index (χ2v) is 6.99. The summed E-state index contributed by atoms with van der Waals surface area (Å²) in [6.45, 7) is 7.25. The van der Waals surface area contributed by atoms with Crippen LogP contribution in [0.15, 0.2) is 30.3 Å². The molecule has 1 N–H and O–H groups in total. The van der Waals surface area contributed by atoms with E-state index >= 15 is 0 Å². The highest BCUT2D eigenvalue weighted by Gasteiger charge is 2.16. The molecular weight excluding hydrogens is 358 g/mol. The van der Waals surface area contributed by atoms with Gasteiger partial charge in [-0.2, -0.15) is 0 Å². The molecule has 0 unspecified atom stereocenters. The third kappa shape index (κ3) is 4.20. The van der Waals surface area contributed by atoms with Crippen LogP contribution >= 0.6 is 0 Å². The lowest BCUT2D eigenvalue weighted by molar-refractivity contribution is -0.121. The molecule has 3 heterocycles. The largest absolute Gasteiger partial charge is 0.379 e. The van der Waals surface area contributed by atoms with Crippen molar-refractivity contribution in [3.05, 3.63) is 41.9 Å². The Morgan fingerprint density at radius 1 is 1.25 bits per heavy atom. The number of carbonyl (C=O) groups is 1. The van der Waals surface area contributed by atoms with Gasteiger partial charge in [-0.15, -0.1) is 5.10 Å². The van der Waals surface area contributed by atoms with E-state index in [0.29, 0.717) is 18.9 Å². The number of hydrogen-bond donors (Lipinski definition) is 1. The molecule has 28 heavy (non-hydrogen) atoms. The van der Waals surface area contributed by atoms with Crippen molar-refractivity contribution in [3.63, 3.8) is 0 Å². The molecule has 1 aliphatic heterocycles. The van der Waals surface area contributed by atoms with Crippen LogP contribution < -0.4 is 5.32 Å². The summed E-state index contributed by atoms with van der Waals surface area (Å²) in [5, 5.41) is 15.9. The second kappa shape index (κ2) is 8.49. The molecule has 0 saturated carbocycles. The van der Waals surface area contributed by atoms with Crippen molar-refractivity contribution in [2.45, 2.75) is 26.6 Å². The van der Waals surface area contributed by atoms with Gasteiger partial charge in [0.2, 0.25) is 5.91 Å². The zero-order chi connectivity index (χ0) is 19.3. The van der Waals surface area contributed by atoms with Crippen molar-refractivity contribution < 1.29 is 9.53 Å². The molecule has 1 aromatic carbocycles. The van der Waals surface area contributed by atoms with Crippen LogP contribution in [0.5, 0.6) is 0 Å². The van der Waals surface area contributed by atoms with E-state index in [4.69, 9.17) is 4.74 Å². The zero-order valence-electron chi connectivity index (χ0n) is 16.0. The van der Waals surface area contributed by atoms with Gasteiger partial charge in [-0.05, 0) is 34.9 Å². The van der Waals surface area contributed by atoms with Crippen molar-refractivity contribution >= 4 is 16.8 Å². The summed E-state index contributed by atoms with van der Waals surface area (Å²) in [6.07, 6.45) is 0. The fourth-order valence-electron chi connectivity index (χ4n) is 3.56. The number of fused-ring (bicyclic) bond motifs is 1. The number of nitrogens with zero attached hydrogens (tertiary/aromatic N) is 6. The van der Waals surface area contributed by atoms with E-state index in [1.54, 1.807) is 4.68 Å². The first-order valence-electron chi connectivity index (χ1n) is 9.57. The van der Waals surface area contributed by atoms with Crippen molar-refractivity contribution in [2.75, 3.05) is 32.8 Å². The van der Waals surface area contributed by atoms with Gasteiger partial charge in [-0.1, -0.05) is 18.2 Å². The lowest BCUT2D eigenvalue weighted by Gasteiger charge is -2.25. The Morgan fingerprint density at radius 2 is 2.07 bits per heavy atom. The molecule has 0 atom stereocenters. The molecule has 148 valence electrons. The topological polar surface area (TPSA) is 90.1 Å². The summed E-state index contributed by atoms with van der Waals surface area (Å²) in [4.78, 5) is 14.6. The quantitative estimate of drug-likeness (QED) is 0.642. The Morgan fingerprint density at radius 3 is 2.93 bits per heavy atom. The average Bonchev–Trinajstić information content (AvgIpc) is 3.26. The molecular formula is C19H25N7O2. The molecule has 0 spiro atoms. The molecule has 2 aromatic heterocycles. The molecule has 1 amide bonds.